The van der Waals surface area contributed by atoms with Crippen LogP contribution in [0.25, 0.3) is 10.9 Å². The Kier molecular flexibility index (Phi) is 6.90. The van der Waals surface area contributed by atoms with Crippen molar-refractivity contribution in [2.45, 2.75) is 44.0 Å². The first-order chi connectivity index (χ1) is 16.5. The summed E-state index contributed by atoms with van der Waals surface area (Å²) in [6.45, 7) is 6.21. The summed E-state index contributed by atoms with van der Waals surface area (Å²) >= 11 is 0. The Labute approximate surface area is 201 Å². The summed E-state index contributed by atoms with van der Waals surface area (Å²) in [4.78, 5) is 0.295. The van der Waals surface area contributed by atoms with Crippen molar-refractivity contribution in [2.24, 2.45) is 11.8 Å². The fraction of sp³-hybridized carbons (Fsp3) is 0.500. The molecule has 0 aliphatic carbocycles. The van der Waals surface area contributed by atoms with Gasteiger partial charge in [0.1, 0.15) is 0 Å². The Bertz CT molecular complexity index is 1210. The monoisotopic (exact) mass is 483 g/mol. The molecule has 0 N–H and O–H groups in total. The van der Waals surface area contributed by atoms with Crippen LogP contribution in [0.3, 0.4) is 0 Å². The summed E-state index contributed by atoms with van der Waals surface area (Å²) in [5.41, 5.74) is 2.84. The van der Waals surface area contributed by atoms with Gasteiger partial charge in [0, 0.05) is 44.2 Å². The number of ether oxygens (including phenoxy) is 2. The van der Waals surface area contributed by atoms with Gasteiger partial charge < -0.3 is 9.47 Å². The molecule has 3 heterocycles. The van der Waals surface area contributed by atoms with Gasteiger partial charge in [-0.3, -0.25) is 8.99 Å². The van der Waals surface area contributed by atoms with Gasteiger partial charge in [0.25, 0.3) is 10.0 Å². The fourth-order valence-electron chi connectivity index (χ4n) is 4.87. The molecule has 2 aliphatic heterocycles. The molecule has 0 amide bonds. The number of fused-ring (bicyclic) bond motifs is 1. The molecule has 8 heteroatoms. The van der Waals surface area contributed by atoms with E-state index in [0.29, 0.717) is 36.3 Å². The van der Waals surface area contributed by atoms with Crippen molar-refractivity contribution in [3.8, 4) is 0 Å². The summed E-state index contributed by atoms with van der Waals surface area (Å²) in [5, 5.41) is 5.41. The minimum atomic E-state index is -3.75. The number of aromatic nitrogens is 2. The minimum Gasteiger partial charge on any atom is -0.381 e. The quantitative estimate of drug-likeness (QED) is 0.479. The molecule has 3 aromatic rings. The first kappa shape index (κ1) is 23.3. The minimum absolute atomic E-state index is 0.187. The van der Waals surface area contributed by atoms with Crippen LogP contribution in [0.1, 0.15) is 31.7 Å². The number of rotatable bonds is 8. The molecule has 7 nitrogen and oxygen atoms in total. The fourth-order valence-corrected chi connectivity index (χ4v) is 6.45. The van der Waals surface area contributed by atoms with Crippen molar-refractivity contribution < 1.29 is 17.9 Å². The molecule has 1 unspecified atom stereocenters. The maximum absolute atomic E-state index is 13.9. The Morgan fingerprint density at radius 2 is 1.74 bits per heavy atom. The van der Waals surface area contributed by atoms with Crippen LogP contribution >= 0.6 is 0 Å². The SMILES string of the molecule is CCc1ccc(N(CC2CCOC2)S(=O)(=O)c2ccc3c(cnn3CC3CCOCC3)c2)cc1. The Hall–Kier alpha value is -2.42. The van der Waals surface area contributed by atoms with Gasteiger partial charge >= 0.3 is 0 Å². The van der Waals surface area contributed by atoms with Crippen molar-refractivity contribution in [1.29, 1.82) is 0 Å². The van der Waals surface area contributed by atoms with Crippen molar-refractivity contribution in [3.05, 3.63) is 54.2 Å². The van der Waals surface area contributed by atoms with Crippen molar-refractivity contribution in [1.82, 2.24) is 9.78 Å². The second-order valence-corrected chi connectivity index (χ2v) is 11.3. The molecular weight excluding hydrogens is 450 g/mol. The molecule has 34 heavy (non-hydrogen) atoms. The van der Waals surface area contributed by atoms with Gasteiger partial charge in [-0.1, -0.05) is 19.1 Å². The number of nitrogens with zero attached hydrogens (tertiary/aromatic N) is 3. The molecular formula is C26H33N3O4S. The van der Waals surface area contributed by atoms with Crippen molar-refractivity contribution in [3.63, 3.8) is 0 Å². The van der Waals surface area contributed by atoms with E-state index in [0.717, 1.165) is 56.3 Å². The summed E-state index contributed by atoms with van der Waals surface area (Å²) in [7, 11) is -3.75. The molecule has 0 spiro atoms. The highest BCUT2D eigenvalue weighted by atomic mass is 32.2. The lowest BCUT2D eigenvalue weighted by Gasteiger charge is -2.27. The number of anilines is 1. The molecule has 2 fully saturated rings. The van der Waals surface area contributed by atoms with Crippen LogP contribution in [0.15, 0.2) is 53.6 Å². The van der Waals surface area contributed by atoms with E-state index in [-0.39, 0.29) is 5.92 Å². The Morgan fingerprint density at radius 1 is 1.00 bits per heavy atom. The normalized spacial score (nSPS) is 19.6. The summed E-state index contributed by atoms with van der Waals surface area (Å²) in [6.07, 6.45) is 5.63. The Morgan fingerprint density at radius 3 is 2.44 bits per heavy atom. The molecule has 2 aliphatic rings. The zero-order chi connectivity index (χ0) is 23.5. The van der Waals surface area contributed by atoms with Gasteiger partial charge in [-0.2, -0.15) is 5.10 Å². The standard InChI is InChI=1S/C26H33N3O4S/c1-2-20-3-5-24(6-4-20)29(18-22-11-14-33-19-22)34(30,31)25-7-8-26-23(15-25)16-27-28(26)17-21-9-12-32-13-10-21/h3-8,15-16,21-22H,2,9-14,17-19H2,1H3. The van der Waals surface area contributed by atoms with Crippen LogP contribution < -0.4 is 4.31 Å². The van der Waals surface area contributed by atoms with Gasteiger partial charge in [0.15, 0.2) is 0 Å². The van der Waals surface area contributed by atoms with E-state index in [1.165, 1.54) is 5.56 Å². The predicted octanol–water partition coefficient (Wildman–Crippen LogP) is 4.26. The maximum Gasteiger partial charge on any atom is 0.264 e. The zero-order valence-corrected chi connectivity index (χ0v) is 20.5. The first-order valence-corrected chi connectivity index (χ1v) is 13.7. The van der Waals surface area contributed by atoms with E-state index < -0.39 is 10.0 Å². The molecule has 1 atom stereocenters. The number of sulfonamides is 1. The van der Waals surface area contributed by atoms with Gasteiger partial charge in [-0.15, -0.1) is 0 Å². The molecule has 1 aromatic heterocycles. The Balaban J connectivity index is 1.45. The van der Waals surface area contributed by atoms with Gasteiger partial charge in [-0.25, -0.2) is 8.42 Å². The number of aryl methyl sites for hydroxylation is 1. The van der Waals surface area contributed by atoms with Gasteiger partial charge in [0.05, 0.1) is 28.9 Å². The lowest BCUT2D eigenvalue weighted by atomic mass is 10.0. The molecule has 2 aromatic carbocycles. The number of hydrogen-bond donors (Lipinski definition) is 0. The average Bonchev–Trinajstić information content (AvgIpc) is 3.53. The number of hydrogen-bond acceptors (Lipinski definition) is 5. The summed E-state index contributed by atoms with van der Waals surface area (Å²) in [5.74, 6) is 0.724. The first-order valence-electron chi connectivity index (χ1n) is 12.3. The lowest BCUT2D eigenvalue weighted by Crippen LogP contribution is -2.35. The highest BCUT2D eigenvalue weighted by Gasteiger charge is 2.30. The average molecular weight is 484 g/mol. The third-order valence-corrected chi connectivity index (χ3v) is 8.84. The van der Waals surface area contributed by atoms with Crippen molar-refractivity contribution >= 4 is 26.6 Å². The molecule has 5 rings (SSSR count). The van der Waals surface area contributed by atoms with Crippen LogP contribution in [0.5, 0.6) is 0 Å². The largest absolute Gasteiger partial charge is 0.381 e. The van der Waals surface area contributed by atoms with Gasteiger partial charge in [-0.05, 0) is 67.5 Å². The smallest absolute Gasteiger partial charge is 0.264 e. The molecule has 0 bridgehead atoms. The third-order valence-electron chi connectivity index (χ3n) is 7.05. The van der Waals surface area contributed by atoms with Crippen LogP contribution in [-0.2, 0) is 32.5 Å². The molecule has 2 saturated heterocycles. The topological polar surface area (TPSA) is 73.7 Å². The van der Waals surface area contributed by atoms with E-state index >= 15 is 0 Å². The second-order valence-electron chi connectivity index (χ2n) is 9.39. The van der Waals surface area contributed by atoms with Crippen LogP contribution in [0.4, 0.5) is 5.69 Å². The van der Waals surface area contributed by atoms with Crippen LogP contribution in [0.2, 0.25) is 0 Å². The van der Waals surface area contributed by atoms with Gasteiger partial charge in [0.2, 0.25) is 0 Å². The summed E-state index contributed by atoms with van der Waals surface area (Å²) < 4.78 is 42.3. The highest BCUT2D eigenvalue weighted by Crippen LogP contribution is 2.30. The lowest BCUT2D eigenvalue weighted by molar-refractivity contribution is 0.0605. The molecule has 0 saturated carbocycles. The predicted molar refractivity (Wildman–Crippen MR) is 133 cm³/mol. The number of benzene rings is 2. The van der Waals surface area contributed by atoms with Crippen molar-refractivity contribution in [2.75, 3.05) is 37.3 Å². The third kappa shape index (κ3) is 4.85. The molecule has 182 valence electrons. The van der Waals surface area contributed by atoms with E-state index in [1.54, 1.807) is 22.6 Å². The maximum atomic E-state index is 13.9. The molecule has 0 radical (unpaired) electrons. The van der Waals surface area contributed by atoms with E-state index in [1.807, 2.05) is 35.0 Å². The van der Waals surface area contributed by atoms with E-state index in [9.17, 15) is 8.42 Å². The van der Waals surface area contributed by atoms with E-state index in [4.69, 9.17) is 9.47 Å². The van der Waals surface area contributed by atoms with Crippen LogP contribution in [-0.4, -0.2) is 51.2 Å². The summed E-state index contributed by atoms with van der Waals surface area (Å²) in [6, 6.07) is 13.2. The van der Waals surface area contributed by atoms with E-state index in [2.05, 4.69) is 12.0 Å². The second kappa shape index (κ2) is 10.1. The highest BCUT2D eigenvalue weighted by molar-refractivity contribution is 7.92. The zero-order valence-electron chi connectivity index (χ0n) is 19.7. The van der Waals surface area contributed by atoms with Crippen LogP contribution in [0, 0.1) is 11.8 Å².